The molecule has 0 fully saturated rings. The van der Waals surface area contributed by atoms with E-state index in [1.165, 1.54) is 19.2 Å². The third-order valence-electron chi connectivity index (χ3n) is 3.50. The zero-order valence-electron chi connectivity index (χ0n) is 15.4. The lowest BCUT2D eigenvalue weighted by molar-refractivity contribution is 0.415. The monoisotopic (exact) mass is 440 g/mol. The quantitative estimate of drug-likeness (QED) is 0.522. The van der Waals surface area contributed by atoms with Crippen molar-refractivity contribution in [3.8, 4) is 5.75 Å². The molecule has 1 aromatic heterocycles. The van der Waals surface area contributed by atoms with Gasteiger partial charge in [0.1, 0.15) is 5.75 Å². The Morgan fingerprint density at radius 2 is 1.86 bits per heavy atom. The molecular weight excluding hydrogens is 423 g/mol. The molecule has 0 saturated heterocycles. The number of ether oxygens (including phenoxy) is 1. The largest absolute Gasteiger partial charge is 0.495 e. The van der Waals surface area contributed by atoms with Crippen LogP contribution in [0.4, 0.5) is 21.8 Å². The molecule has 1 heterocycles. The first-order valence-corrected chi connectivity index (χ1v) is 9.84. The van der Waals surface area contributed by atoms with Gasteiger partial charge in [-0.25, -0.2) is 9.37 Å². The van der Waals surface area contributed by atoms with E-state index in [2.05, 4.69) is 15.3 Å². The zero-order valence-corrected chi connectivity index (χ0v) is 17.0. The molecule has 0 aliphatic rings. The van der Waals surface area contributed by atoms with Crippen LogP contribution >= 0.6 is 11.6 Å². The van der Waals surface area contributed by atoms with E-state index in [4.69, 9.17) is 26.6 Å². The summed E-state index contributed by atoms with van der Waals surface area (Å²) >= 11 is 5.96. The van der Waals surface area contributed by atoms with Crippen molar-refractivity contribution >= 4 is 39.2 Å². The average molecular weight is 441 g/mol. The fraction of sp³-hybridized carbons (Fsp3) is 0.111. The minimum atomic E-state index is -4.02. The number of hydrogen-bond acceptors (Lipinski definition) is 7. The predicted octanol–water partition coefficient (Wildman–Crippen LogP) is 3.85. The molecule has 0 unspecified atom stereocenters. The van der Waals surface area contributed by atoms with Gasteiger partial charge in [0.2, 0.25) is 5.95 Å². The maximum atomic E-state index is 12.9. The normalized spacial score (nSPS) is 10.7. The lowest BCUT2D eigenvalue weighted by atomic mass is 10.2. The van der Waals surface area contributed by atoms with Crippen LogP contribution in [0, 0.1) is 12.7 Å². The third-order valence-corrected chi connectivity index (χ3v) is 4.66. The van der Waals surface area contributed by atoms with Gasteiger partial charge in [0, 0.05) is 5.69 Å². The van der Waals surface area contributed by atoms with Crippen LogP contribution in [0.1, 0.15) is 5.56 Å². The molecule has 8 nitrogen and oxygen atoms in total. The van der Waals surface area contributed by atoms with Gasteiger partial charge in [-0.3, -0.25) is 4.55 Å². The summed E-state index contributed by atoms with van der Waals surface area (Å²) in [6, 6.07) is 11.1. The first kappa shape index (κ1) is 22.3. The van der Waals surface area contributed by atoms with E-state index < -0.39 is 15.9 Å². The molecule has 3 rings (SSSR count). The first-order chi connectivity index (χ1) is 13.6. The van der Waals surface area contributed by atoms with Crippen LogP contribution in [-0.2, 0) is 10.1 Å². The third kappa shape index (κ3) is 6.56. The summed E-state index contributed by atoms with van der Waals surface area (Å²) in [4.78, 5) is 7.43. The number of halogens is 2. The second-order valence-corrected chi connectivity index (χ2v) is 7.52. The van der Waals surface area contributed by atoms with Crippen LogP contribution in [0.3, 0.4) is 0 Å². The topological polar surface area (TPSA) is 127 Å². The highest BCUT2D eigenvalue weighted by Crippen LogP contribution is 2.28. The molecule has 0 radical (unpaired) electrons. The van der Waals surface area contributed by atoms with Crippen molar-refractivity contribution in [1.82, 2.24) is 9.97 Å². The maximum absolute atomic E-state index is 12.9. The molecule has 0 spiro atoms. The van der Waals surface area contributed by atoms with Crippen LogP contribution < -0.4 is 15.8 Å². The summed E-state index contributed by atoms with van der Waals surface area (Å²) in [5.41, 5.74) is 6.94. The number of anilines is 3. The van der Waals surface area contributed by atoms with Gasteiger partial charge in [0.05, 0.1) is 23.2 Å². The molecule has 29 heavy (non-hydrogen) atoms. The van der Waals surface area contributed by atoms with Crippen molar-refractivity contribution in [3.05, 3.63) is 65.1 Å². The SMILES string of the molecule is COc1ccc(Nc2ncc(F)c(N)n2)cc1Cl.Cc1ccc(S(=O)(=O)O)cc1. The Bertz CT molecular complexity index is 1100. The van der Waals surface area contributed by atoms with E-state index >= 15 is 0 Å². The number of methoxy groups -OCH3 is 1. The van der Waals surface area contributed by atoms with Crippen LogP contribution in [-0.4, -0.2) is 30.0 Å². The van der Waals surface area contributed by atoms with Gasteiger partial charge in [0.15, 0.2) is 11.6 Å². The van der Waals surface area contributed by atoms with E-state index in [1.807, 2.05) is 6.92 Å². The Kier molecular flexibility index (Phi) is 7.32. The van der Waals surface area contributed by atoms with Gasteiger partial charge < -0.3 is 15.8 Å². The Labute approximate surface area is 172 Å². The standard InChI is InChI=1S/C11H10ClFN4O.C7H8O3S/c1-18-9-3-2-6(4-7(9)12)16-11-15-5-8(13)10(14)17-11;1-6-2-4-7(5-3-6)11(8,9)10/h2-5H,1H3,(H3,14,15,16,17);2-5H,1H3,(H,8,9,10). The predicted molar refractivity (Wildman–Crippen MR) is 109 cm³/mol. The van der Waals surface area contributed by atoms with Gasteiger partial charge in [-0.05, 0) is 37.3 Å². The van der Waals surface area contributed by atoms with E-state index in [0.717, 1.165) is 11.8 Å². The van der Waals surface area contributed by atoms with Crippen LogP contribution in [0.15, 0.2) is 53.6 Å². The van der Waals surface area contributed by atoms with Crippen LogP contribution in [0.5, 0.6) is 5.75 Å². The fourth-order valence-corrected chi connectivity index (χ4v) is 2.76. The van der Waals surface area contributed by atoms with Crippen molar-refractivity contribution in [2.24, 2.45) is 0 Å². The van der Waals surface area contributed by atoms with Gasteiger partial charge in [-0.2, -0.15) is 13.4 Å². The molecule has 11 heteroatoms. The number of aryl methyl sites for hydroxylation is 1. The Hall–Kier alpha value is -2.95. The fourth-order valence-electron chi connectivity index (χ4n) is 2.02. The summed E-state index contributed by atoms with van der Waals surface area (Å²) in [6.45, 7) is 1.84. The van der Waals surface area contributed by atoms with Crippen molar-refractivity contribution in [3.63, 3.8) is 0 Å². The van der Waals surface area contributed by atoms with Crippen molar-refractivity contribution in [1.29, 1.82) is 0 Å². The molecule has 0 atom stereocenters. The smallest absolute Gasteiger partial charge is 0.294 e. The molecule has 2 aromatic carbocycles. The molecule has 0 aliphatic carbocycles. The molecule has 4 N–H and O–H groups in total. The Morgan fingerprint density at radius 1 is 1.21 bits per heavy atom. The number of aromatic nitrogens is 2. The molecule has 0 aliphatic heterocycles. The first-order valence-electron chi connectivity index (χ1n) is 8.03. The highest BCUT2D eigenvalue weighted by atomic mass is 35.5. The van der Waals surface area contributed by atoms with E-state index in [0.29, 0.717) is 16.5 Å². The minimum absolute atomic E-state index is 0.0666. The minimum Gasteiger partial charge on any atom is -0.495 e. The zero-order chi connectivity index (χ0) is 21.6. The lowest BCUT2D eigenvalue weighted by Crippen LogP contribution is -2.02. The van der Waals surface area contributed by atoms with Crippen LogP contribution in [0.2, 0.25) is 5.02 Å². The van der Waals surface area contributed by atoms with Crippen molar-refractivity contribution in [2.45, 2.75) is 11.8 Å². The summed E-state index contributed by atoms with van der Waals surface area (Å²) < 4.78 is 47.5. The number of nitrogens with two attached hydrogens (primary N) is 1. The summed E-state index contributed by atoms with van der Waals surface area (Å²) in [6.07, 6.45) is 0.996. The van der Waals surface area contributed by atoms with Gasteiger partial charge in [-0.1, -0.05) is 29.3 Å². The van der Waals surface area contributed by atoms with E-state index in [9.17, 15) is 12.8 Å². The molecule has 0 amide bonds. The van der Waals surface area contributed by atoms with Crippen molar-refractivity contribution in [2.75, 3.05) is 18.2 Å². The molecule has 0 saturated carbocycles. The van der Waals surface area contributed by atoms with E-state index in [-0.39, 0.29) is 16.7 Å². The lowest BCUT2D eigenvalue weighted by Gasteiger charge is -2.08. The summed E-state index contributed by atoms with van der Waals surface area (Å²) in [5, 5.41) is 3.30. The molecule has 154 valence electrons. The van der Waals surface area contributed by atoms with Gasteiger partial charge in [0.25, 0.3) is 10.1 Å². The number of nitrogens with zero attached hydrogens (tertiary/aromatic N) is 2. The number of nitrogens with one attached hydrogen (secondary N) is 1. The summed E-state index contributed by atoms with van der Waals surface area (Å²) in [7, 11) is -2.49. The summed E-state index contributed by atoms with van der Waals surface area (Å²) in [5.74, 6) is -0.127. The second-order valence-electron chi connectivity index (χ2n) is 5.69. The van der Waals surface area contributed by atoms with Crippen LogP contribution in [0.25, 0.3) is 0 Å². The van der Waals surface area contributed by atoms with Gasteiger partial charge >= 0.3 is 0 Å². The number of nitrogen functional groups attached to an aromatic ring is 1. The van der Waals surface area contributed by atoms with Crippen molar-refractivity contribution < 1.29 is 22.1 Å². The number of benzene rings is 2. The Balaban J connectivity index is 0.000000234. The molecule has 3 aromatic rings. The number of rotatable bonds is 4. The number of hydrogen-bond donors (Lipinski definition) is 3. The van der Waals surface area contributed by atoms with Gasteiger partial charge in [-0.15, -0.1) is 0 Å². The average Bonchev–Trinajstić information content (AvgIpc) is 2.65. The molecule has 0 bridgehead atoms. The second kappa shape index (κ2) is 9.50. The molecular formula is C18H18ClFN4O4S. The Morgan fingerprint density at radius 3 is 2.38 bits per heavy atom. The highest BCUT2D eigenvalue weighted by molar-refractivity contribution is 7.85. The maximum Gasteiger partial charge on any atom is 0.294 e. The van der Waals surface area contributed by atoms with E-state index in [1.54, 1.807) is 30.3 Å². The highest BCUT2D eigenvalue weighted by Gasteiger charge is 2.07.